The Hall–Kier alpha value is -2.38. The first-order valence-electron chi connectivity index (χ1n) is 11.4. The zero-order valence-corrected chi connectivity index (χ0v) is 18.6. The Bertz CT molecular complexity index is 847. The lowest BCUT2D eigenvalue weighted by atomic mass is 9.97. The van der Waals surface area contributed by atoms with Gasteiger partial charge in [-0.3, -0.25) is 19.4 Å². The van der Waals surface area contributed by atoms with Crippen LogP contribution in [0.3, 0.4) is 0 Å². The molecular weight excluding hydrogens is 394 g/mol. The van der Waals surface area contributed by atoms with Gasteiger partial charge in [-0.25, -0.2) is 0 Å². The van der Waals surface area contributed by atoms with Crippen molar-refractivity contribution in [1.82, 2.24) is 14.7 Å². The van der Waals surface area contributed by atoms with E-state index in [1.54, 1.807) is 7.11 Å². The second kappa shape index (κ2) is 9.83. The van der Waals surface area contributed by atoms with E-state index in [-0.39, 0.29) is 11.8 Å². The number of hydrogen-bond acceptors (Lipinski definition) is 6. The third kappa shape index (κ3) is 4.62. The second-order valence-electron chi connectivity index (χ2n) is 8.69. The quantitative estimate of drug-likeness (QED) is 0.622. The number of carbonyl (C=O) groups excluding carboxylic acids is 2. The van der Waals surface area contributed by atoms with Crippen LogP contribution in [0.2, 0.25) is 0 Å². The molecule has 2 amide bonds. The maximum Gasteiger partial charge on any atom is 0.277 e. The van der Waals surface area contributed by atoms with Crippen LogP contribution in [0, 0.1) is 5.92 Å². The molecule has 0 saturated carbocycles. The normalized spacial score (nSPS) is 23.1. The molecule has 3 heterocycles. The maximum atomic E-state index is 13.5. The third-order valence-electron chi connectivity index (χ3n) is 6.45. The van der Waals surface area contributed by atoms with Gasteiger partial charge in [0.2, 0.25) is 0 Å². The van der Waals surface area contributed by atoms with Crippen molar-refractivity contribution in [2.45, 2.75) is 26.2 Å². The van der Waals surface area contributed by atoms with E-state index in [0.717, 1.165) is 65.2 Å². The van der Waals surface area contributed by atoms with E-state index in [0.29, 0.717) is 35.0 Å². The molecule has 0 aromatic heterocycles. The minimum atomic E-state index is -0.204. The molecule has 3 aliphatic heterocycles. The van der Waals surface area contributed by atoms with Crippen LogP contribution in [0.1, 0.15) is 31.7 Å². The Morgan fingerprint density at radius 3 is 2.58 bits per heavy atom. The van der Waals surface area contributed by atoms with E-state index in [1.165, 1.54) is 4.90 Å². The van der Waals surface area contributed by atoms with Gasteiger partial charge in [0.15, 0.2) is 0 Å². The van der Waals surface area contributed by atoms with E-state index in [2.05, 4.69) is 16.7 Å². The van der Waals surface area contributed by atoms with E-state index < -0.39 is 0 Å². The molecule has 7 heteroatoms. The van der Waals surface area contributed by atoms with Gasteiger partial charge in [-0.05, 0) is 31.2 Å². The summed E-state index contributed by atoms with van der Waals surface area (Å²) in [5.74, 6) is 0.751. The molecule has 2 fully saturated rings. The largest absolute Gasteiger partial charge is 0.496 e. The number of nitrogens with zero attached hydrogens (tertiary/aromatic N) is 3. The summed E-state index contributed by atoms with van der Waals surface area (Å²) in [6.45, 7) is 8.41. The van der Waals surface area contributed by atoms with Crippen LogP contribution < -0.4 is 4.74 Å². The highest BCUT2D eigenvalue weighted by molar-refractivity contribution is 6.36. The molecule has 0 spiro atoms. The minimum absolute atomic E-state index is 0.165. The number of piperidine rings is 1. The van der Waals surface area contributed by atoms with E-state index >= 15 is 0 Å². The van der Waals surface area contributed by atoms with Gasteiger partial charge < -0.3 is 14.4 Å². The van der Waals surface area contributed by atoms with Crippen molar-refractivity contribution in [2.24, 2.45) is 5.92 Å². The Kier molecular flexibility index (Phi) is 6.92. The minimum Gasteiger partial charge on any atom is -0.496 e. The number of para-hydroxylation sites is 1. The summed E-state index contributed by atoms with van der Waals surface area (Å²) in [5, 5.41) is 0. The molecule has 1 unspecified atom stereocenters. The molecule has 7 nitrogen and oxygen atoms in total. The van der Waals surface area contributed by atoms with Crippen molar-refractivity contribution >= 4 is 17.4 Å². The standard InChI is InChI=1S/C24H33N3O4/c1-18-7-5-11-26(17-18)22-21(19-8-3-4-9-20(19)30-2)23(28)27(24(22)29)12-6-10-25-13-15-31-16-14-25/h3-4,8-9,18H,5-7,10-17H2,1-2H3. The van der Waals surface area contributed by atoms with Crippen molar-refractivity contribution in [3.05, 3.63) is 35.5 Å². The molecule has 0 bridgehead atoms. The molecule has 0 radical (unpaired) electrons. The lowest BCUT2D eigenvalue weighted by Gasteiger charge is -2.33. The van der Waals surface area contributed by atoms with Crippen molar-refractivity contribution < 1.29 is 19.1 Å². The van der Waals surface area contributed by atoms with Gasteiger partial charge in [-0.2, -0.15) is 0 Å². The smallest absolute Gasteiger partial charge is 0.277 e. The van der Waals surface area contributed by atoms with Gasteiger partial charge in [0, 0.05) is 44.8 Å². The molecule has 1 aromatic carbocycles. The Labute approximate surface area is 184 Å². The van der Waals surface area contributed by atoms with Crippen molar-refractivity contribution in [3.8, 4) is 5.75 Å². The molecule has 1 atom stereocenters. The van der Waals surface area contributed by atoms with Crippen LogP contribution >= 0.6 is 0 Å². The van der Waals surface area contributed by atoms with E-state index in [4.69, 9.17) is 9.47 Å². The molecule has 3 aliphatic rings. The molecule has 0 N–H and O–H groups in total. The molecule has 168 valence electrons. The summed E-state index contributed by atoms with van der Waals surface area (Å²) in [6, 6.07) is 7.49. The molecule has 2 saturated heterocycles. The fourth-order valence-electron chi connectivity index (χ4n) is 4.82. The number of benzene rings is 1. The molecule has 0 aliphatic carbocycles. The second-order valence-corrected chi connectivity index (χ2v) is 8.69. The Morgan fingerprint density at radius 2 is 1.84 bits per heavy atom. The predicted octanol–water partition coefficient (Wildman–Crippen LogP) is 2.23. The lowest BCUT2D eigenvalue weighted by molar-refractivity contribution is -0.137. The van der Waals surface area contributed by atoms with Gasteiger partial charge >= 0.3 is 0 Å². The highest BCUT2D eigenvalue weighted by atomic mass is 16.5. The average molecular weight is 428 g/mol. The topological polar surface area (TPSA) is 62.3 Å². The fourth-order valence-corrected chi connectivity index (χ4v) is 4.82. The molecule has 1 aromatic rings. The average Bonchev–Trinajstić information content (AvgIpc) is 3.04. The number of methoxy groups -OCH3 is 1. The van der Waals surface area contributed by atoms with Crippen LogP contribution in [0.4, 0.5) is 0 Å². The van der Waals surface area contributed by atoms with Gasteiger partial charge in [-0.15, -0.1) is 0 Å². The zero-order valence-electron chi connectivity index (χ0n) is 18.6. The number of imide groups is 1. The number of amides is 2. The van der Waals surface area contributed by atoms with E-state index in [9.17, 15) is 9.59 Å². The first-order chi connectivity index (χ1) is 15.1. The third-order valence-corrected chi connectivity index (χ3v) is 6.45. The van der Waals surface area contributed by atoms with Gasteiger partial charge in [0.1, 0.15) is 11.4 Å². The monoisotopic (exact) mass is 427 g/mol. The van der Waals surface area contributed by atoms with E-state index in [1.807, 2.05) is 24.3 Å². The number of hydrogen-bond donors (Lipinski definition) is 0. The maximum absolute atomic E-state index is 13.5. The van der Waals surface area contributed by atoms with Gasteiger partial charge in [0.25, 0.3) is 11.8 Å². The Balaban J connectivity index is 1.59. The van der Waals surface area contributed by atoms with Crippen molar-refractivity contribution in [3.63, 3.8) is 0 Å². The van der Waals surface area contributed by atoms with Gasteiger partial charge in [0.05, 0.1) is 25.9 Å². The summed E-state index contributed by atoms with van der Waals surface area (Å²) >= 11 is 0. The summed E-state index contributed by atoms with van der Waals surface area (Å²) in [6.07, 6.45) is 2.95. The van der Waals surface area contributed by atoms with Crippen LogP contribution in [-0.2, 0) is 14.3 Å². The highest BCUT2D eigenvalue weighted by Crippen LogP contribution is 2.37. The Morgan fingerprint density at radius 1 is 1.06 bits per heavy atom. The van der Waals surface area contributed by atoms with Crippen LogP contribution in [0.25, 0.3) is 5.57 Å². The SMILES string of the molecule is COc1ccccc1C1=C(N2CCCC(C)C2)C(=O)N(CCCN2CCOCC2)C1=O. The summed E-state index contributed by atoms with van der Waals surface area (Å²) in [5.41, 5.74) is 1.74. The van der Waals surface area contributed by atoms with Gasteiger partial charge in [-0.1, -0.05) is 25.1 Å². The van der Waals surface area contributed by atoms with Crippen molar-refractivity contribution in [2.75, 3.05) is 59.6 Å². The highest BCUT2D eigenvalue weighted by Gasteiger charge is 2.42. The number of morpholine rings is 1. The number of ether oxygens (including phenoxy) is 2. The summed E-state index contributed by atoms with van der Waals surface area (Å²) in [4.78, 5) is 32.9. The summed E-state index contributed by atoms with van der Waals surface area (Å²) < 4.78 is 10.9. The van der Waals surface area contributed by atoms with Crippen LogP contribution in [0.15, 0.2) is 30.0 Å². The molecule has 31 heavy (non-hydrogen) atoms. The first kappa shape index (κ1) is 21.8. The lowest BCUT2D eigenvalue weighted by Crippen LogP contribution is -2.41. The van der Waals surface area contributed by atoms with Crippen LogP contribution in [-0.4, -0.2) is 86.1 Å². The zero-order chi connectivity index (χ0) is 21.8. The van der Waals surface area contributed by atoms with Crippen LogP contribution in [0.5, 0.6) is 5.75 Å². The molecule has 4 rings (SSSR count). The molecular formula is C24H33N3O4. The van der Waals surface area contributed by atoms with Crippen molar-refractivity contribution in [1.29, 1.82) is 0 Å². The predicted molar refractivity (Wildman–Crippen MR) is 118 cm³/mol. The fraction of sp³-hybridized carbons (Fsp3) is 0.583. The number of carbonyl (C=O) groups is 2. The number of rotatable bonds is 7. The summed E-state index contributed by atoms with van der Waals surface area (Å²) in [7, 11) is 1.60. The number of likely N-dealkylation sites (tertiary alicyclic amines) is 1. The first-order valence-corrected chi connectivity index (χ1v) is 11.4.